The lowest BCUT2D eigenvalue weighted by Gasteiger charge is -2.01. The van der Waals surface area contributed by atoms with Crippen LogP contribution in [0.2, 0.25) is 5.02 Å². The number of benzene rings is 1. The van der Waals surface area contributed by atoms with Crippen molar-refractivity contribution in [3.05, 3.63) is 28.7 Å². The Kier molecular flexibility index (Phi) is 1.47. The molecule has 1 aromatic carbocycles. The fraction of sp³-hybridized carbons (Fsp3) is 0.125. The maximum atomic E-state index is 10.5. The Morgan fingerprint density at radius 2 is 2.45 bits per heavy atom. The van der Waals surface area contributed by atoms with Crippen LogP contribution in [0.4, 0.5) is 0 Å². The predicted molar refractivity (Wildman–Crippen MR) is 43.4 cm³/mol. The van der Waals surface area contributed by atoms with Crippen LogP contribution in [0, 0.1) is 0 Å². The van der Waals surface area contributed by atoms with E-state index >= 15 is 0 Å². The molecule has 0 aliphatic heterocycles. The van der Waals surface area contributed by atoms with Gasteiger partial charge < -0.3 is 4.74 Å². The van der Waals surface area contributed by atoms with Crippen molar-refractivity contribution >= 4 is 17.9 Å². The third-order valence-electron chi connectivity index (χ3n) is 1.08. The van der Waals surface area contributed by atoms with E-state index in [4.69, 9.17) is 20.5 Å². The van der Waals surface area contributed by atoms with E-state index in [9.17, 15) is 4.79 Å². The Morgan fingerprint density at radius 1 is 1.73 bits per heavy atom. The molecule has 3 heteroatoms. The van der Waals surface area contributed by atoms with Gasteiger partial charge in [-0.1, -0.05) is 11.6 Å². The van der Waals surface area contributed by atoms with E-state index in [1.54, 1.807) is 0 Å². The van der Waals surface area contributed by atoms with E-state index in [0.29, 0.717) is 6.29 Å². The Balaban J connectivity index is 3.63. The molecular weight excluding hydrogens is 164 g/mol. The van der Waals surface area contributed by atoms with E-state index in [1.165, 1.54) is 7.11 Å². The Hall–Kier alpha value is -1.02. The molecule has 0 unspecified atom stereocenters. The second-order valence-electron chi connectivity index (χ2n) is 1.75. The van der Waals surface area contributed by atoms with Gasteiger partial charge in [0.1, 0.15) is 12.0 Å². The number of methoxy groups -OCH3 is 1. The Labute approximate surface area is 74.0 Å². The summed E-state index contributed by atoms with van der Waals surface area (Å²) in [6.45, 7) is 0. The van der Waals surface area contributed by atoms with Gasteiger partial charge in [-0.05, 0) is 18.1 Å². The number of ether oxygens (including phenoxy) is 1. The van der Waals surface area contributed by atoms with Crippen molar-refractivity contribution in [1.82, 2.24) is 0 Å². The van der Waals surface area contributed by atoms with E-state index in [1.807, 2.05) is 0 Å². The summed E-state index contributed by atoms with van der Waals surface area (Å²) < 4.78 is 27.0. The van der Waals surface area contributed by atoms with Crippen LogP contribution in [0.25, 0.3) is 0 Å². The molecule has 0 aromatic heterocycles. The van der Waals surface area contributed by atoms with Crippen molar-refractivity contribution in [2.75, 3.05) is 7.11 Å². The monoisotopic (exact) mass is 173 g/mol. The van der Waals surface area contributed by atoms with Crippen LogP contribution in [0.5, 0.6) is 5.75 Å². The fourth-order valence-corrected chi connectivity index (χ4v) is 0.811. The van der Waals surface area contributed by atoms with Crippen LogP contribution in [-0.2, 0) is 0 Å². The molecule has 2 nitrogen and oxygen atoms in total. The second-order valence-corrected chi connectivity index (χ2v) is 2.13. The van der Waals surface area contributed by atoms with E-state index < -0.39 is 0 Å². The first-order chi connectivity index (χ1) is 6.54. The highest BCUT2D eigenvalue weighted by molar-refractivity contribution is 6.32. The second kappa shape index (κ2) is 3.39. The molecule has 0 bridgehead atoms. The highest BCUT2D eigenvalue weighted by Crippen LogP contribution is 2.23. The summed E-state index contributed by atoms with van der Waals surface area (Å²) in [5.41, 5.74) is -0.194. The summed E-state index contributed by atoms with van der Waals surface area (Å²) in [6, 6.07) is -0.902. The summed E-state index contributed by atoms with van der Waals surface area (Å²) in [6.07, 6.45) is 0.341. The zero-order valence-electron chi connectivity index (χ0n) is 8.77. The topological polar surface area (TPSA) is 26.3 Å². The molecular formula is C8H7ClO2. The van der Waals surface area contributed by atoms with Gasteiger partial charge in [0, 0.05) is 5.56 Å². The van der Waals surface area contributed by atoms with Crippen molar-refractivity contribution in [2.45, 2.75) is 0 Å². The molecule has 0 saturated carbocycles. The van der Waals surface area contributed by atoms with Crippen LogP contribution in [0.15, 0.2) is 18.1 Å². The zero-order chi connectivity index (χ0) is 10.9. The minimum absolute atomic E-state index is 0.0488. The molecule has 0 saturated heterocycles. The van der Waals surface area contributed by atoms with E-state index in [0.717, 1.165) is 0 Å². The highest BCUT2D eigenvalue weighted by atomic mass is 35.5. The normalized spacial score (nSPS) is 13.1. The number of hydrogen-bond acceptors (Lipinski definition) is 2. The van der Waals surface area contributed by atoms with Crippen molar-refractivity contribution in [2.24, 2.45) is 0 Å². The third kappa shape index (κ3) is 1.71. The molecule has 0 N–H and O–H groups in total. The third-order valence-corrected chi connectivity index (χ3v) is 1.34. The maximum absolute atomic E-state index is 10.5. The van der Waals surface area contributed by atoms with Crippen LogP contribution in [0.1, 0.15) is 14.5 Å². The molecule has 0 fully saturated rings. The maximum Gasteiger partial charge on any atom is 0.150 e. The lowest BCUT2D eigenvalue weighted by atomic mass is 10.2. The summed E-state index contributed by atoms with van der Waals surface area (Å²) in [5, 5.41) is -0.115. The number of carbonyl (C=O) groups excluding carboxylic acids is 1. The minimum Gasteiger partial charge on any atom is -0.495 e. The van der Waals surface area contributed by atoms with Gasteiger partial charge in [-0.3, -0.25) is 4.79 Å². The lowest BCUT2D eigenvalue weighted by Crippen LogP contribution is -1.85. The molecule has 0 aliphatic carbocycles. The Morgan fingerprint density at radius 3 is 3.00 bits per heavy atom. The van der Waals surface area contributed by atoms with Gasteiger partial charge in [-0.25, -0.2) is 0 Å². The molecule has 1 aromatic rings. The van der Waals surface area contributed by atoms with Crippen LogP contribution in [0.3, 0.4) is 0 Å². The van der Waals surface area contributed by atoms with Gasteiger partial charge in [-0.2, -0.15) is 0 Å². The number of hydrogen-bond donors (Lipinski definition) is 0. The molecule has 0 heterocycles. The van der Waals surface area contributed by atoms with Gasteiger partial charge in [0.15, 0.2) is 0 Å². The molecule has 0 radical (unpaired) electrons. The van der Waals surface area contributed by atoms with Gasteiger partial charge in [0.05, 0.1) is 16.2 Å². The van der Waals surface area contributed by atoms with Crippen LogP contribution >= 0.6 is 11.6 Å². The molecule has 0 amide bonds. The molecule has 0 aliphatic rings. The van der Waals surface area contributed by atoms with Crippen molar-refractivity contribution in [3.8, 4) is 5.75 Å². The zero-order valence-corrected chi connectivity index (χ0v) is 6.53. The summed E-state index contributed by atoms with van der Waals surface area (Å²) in [4.78, 5) is 10.5. The lowest BCUT2D eigenvalue weighted by molar-refractivity contribution is 0.112. The molecule has 58 valence electrons. The van der Waals surface area contributed by atoms with E-state index in [-0.39, 0.29) is 34.5 Å². The standard InChI is InChI=1S/C8H7ClO2/c1-11-8-3-2-6(5-10)4-7(8)9/h2-5H,1H3/i2D,3D,4D. The van der Waals surface area contributed by atoms with Gasteiger partial charge in [0.25, 0.3) is 0 Å². The van der Waals surface area contributed by atoms with Gasteiger partial charge in [0.2, 0.25) is 0 Å². The first-order valence-electron chi connectivity index (χ1n) is 4.33. The first kappa shape index (κ1) is 4.78. The quantitative estimate of drug-likeness (QED) is 0.641. The fourth-order valence-electron chi connectivity index (χ4n) is 0.585. The largest absolute Gasteiger partial charge is 0.495 e. The molecule has 0 spiro atoms. The number of aldehydes is 1. The smallest absolute Gasteiger partial charge is 0.150 e. The molecule has 11 heavy (non-hydrogen) atoms. The van der Waals surface area contributed by atoms with Crippen molar-refractivity contribution < 1.29 is 13.6 Å². The predicted octanol–water partition coefficient (Wildman–Crippen LogP) is 2.16. The summed E-state index contributed by atoms with van der Waals surface area (Å²) in [7, 11) is 1.29. The molecule has 0 atom stereocenters. The number of carbonyl (C=O) groups is 1. The van der Waals surface area contributed by atoms with Crippen molar-refractivity contribution in [3.63, 3.8) is 0 Å². The summed E-state index contributed by atoms with van der Waals surface area (Å²) in [5.74, 6) is -0.0488. The van der Waals surface area contributed by atoms with Crippen molar-refractivity contribution in [1.29, 1.82) is 0 Å². The van der Waals surface area contributed by atoms with Gasteiger partial charge >= 0.3 is 0 Å². The van der Waals surface area contributed by atoms with Gasteiger partial charge in [-0.15, -0.1) is 0 Å². The average molecular weight is 174 g/mol. The van der Waals surface area contributed by atoms with Crippen LogP contribution in [-0.4, -0.2) is 13.4 Å². The van der Waals surface area contributed by atoms with E-state index in [2.05, 4.69) is 0 Å². The summed E-state index contributed by atoms with van der Waals surface area (Å²) >= 11 is 5.68. The Bertz CT molecular complexity index is 364. The highest BCUT2D eigenvalue weighted by Gasteiger charge is 1.99. The van der Waals surface area contributed by atoms with Crippen LogP contribution < -0.4 is 4.74 Å². The first-order valence-corrected chi connectivity index (χ1v) is 3.20. The minimum atomic E-state index is -0.341. The molecule has 1 rings (SSSR count). The number of rotatable bonds is 2. The number of halogens is 1. The average Bonchev–Trinajstić information content (AvgIpc) is 2.17. The SMILES string of the molecule is [2H]c1c([2H])c(OC)c(Cl)c([2H])c1C=O.